The van der Waals surface area contributed by atoms with Gasteiger partial charge in [0.25, 0.3) is 0 Å². The summed E-state index contributed by atoms with van der Waals surface area (Å²) in [6.07, 6.45) is 3.54. The number of amides is 1. The second-order valence-electron chi connectivity index (χ2n) is 7.84. The summed E-state index contributed by atoms with van der Waals surface area (Å²) in [5.74, 6) is 0.533. The number of nitrogens with zero attached hydrogens (tertiary/aromatic N) is 2. The Hall–Kier alpha value is -1.44. The van der Waals surface area contributed by atoms with Gasteiger partial charge in [-0.05, 0) is 64.3 Å². The van der Waals surface area contributed by atoms with E-state index in [9.17, 15) is 13.2 Å². The van der Waals surface area contributed by atoms with Crippen LogP contribution in [0.25, 0.3) is 0 Å². The van der Waals surface area contributed by atoms with Crippen molar-refractivity contribution in [3.63, 3.8) is 0 Å². The molecule has 2 aliphatic heterocycles. The molecule has 0 saturated carbocycles. The van der Waals surface area contributed by atoms with Crippen molar-refractivity contribution in [3.05, 3.63) is 29.8 Å². The first kappa shape index (κ1) is 20.3. The normalized spacial score (nSPS) is 22.7. The molecule has 1 unspecified atom stereocenters. The second-order valence-corrected chi connectivity index (χ2v) is 9.78. The van der Waals surface area contributed by atoms with E-state index in [1.165, 1.54) is 4.31 Å². The largest absolute Gasteiger partial charge is 0.342 e. The second kappa shape index (κ2) is 8.71. The standard InChI is InChI=1S/C20H31N3O3S/c1-16-5-7-19(8-6-16)27(25,26)23-11-3-4-18(15-23)20(24)22-12-9-17(10-13-22)14-21-2/h5-8,17-18,21H,3-4,9-15H2,1-2H3. The minimum atomic E-state index is -3.54. The van der Waals surface area contributed by atoms with Crippen LogP contribution in [0.15, 0.2) is 29.2 Å². The van der Waals surface area contributed by atoms with Crippen molar-refractivity contribution in [1.29, 1.82) is 0 Å². The molecule has 1 aromatic carbocycles. The Kier molecular flexibility index (Phi) is 6.55. The van der Waals surface area contributed by atoms with Crippen molar-refractivity contribution in [2.75, 3.05) is 39.8 Å². The molecule has 0 bridgehead atoms. The lowest BCUT2D eigenvalue weighted by Gasteiger charge is -2.37. The number of piperidine rings is 2. The molecule has 0 aliphatic carbocycles. The molecule has 1 N–H and O–H groups in total. The monoisotopic (exact) mass is 393 g/mol. The third kappa shape index (κ3) is 4.70. The zero-order valence-electron chi connectivity index (χ0n) is 16.4. The fraction of sp³-hybridized carbons (Fsp3) is 0.650. The van der Waals surface area contributed by atoms with Gasteiger partial charge >= 0.3 is 0 Å². The van der Waals surface area contributed by atoms with Gasteiger partial charge in [-0.2, -0.15) is 4.31 Å². The number of aryl methyl sites for hydroxylation is 1. The molecule has 6 nitrogen and oxygen atoms in total. The van der Waals surface area contributed by atoms with E-state index in [1.54, 1.807) is 12.1 Å². The summed E-state index contributed by atoms with van der Waals surface area (Å²) in [6, 6.07) is 6.94. The number of rotatable bonds is 5. The van der Waals surface area contributed by atoms with E-state index in [1.807, 2.05) is 31.0 Å². The summed E-state index contributed by atoms with van der Waals surface area (Å²) in [7, 11) is -1.58. The van der Waals surface area contributed by atoms with Gasteiger partial charge in [0.05, 0.1) is 10.8 Å². The lowest BCUT2D eigenvalue weighted by Crippen LogP contribution is -2.49. The average Bonchev–Trinajstić information content (AvgIpc) is 2.69. The smallest absolute Gasteiger partial charge is 0.243 e. The highest BCUT2D eigenvalue weighted by Crippen LogP contribution is 2.27. The summed E-state index contributed by atoms with van der Waals surface area (Å²) < 4.78 is 27.4. The van der Waals surface area contributed by atoms with E-state index in [-0.39, 0.29) is 11.8 Å². The highest BCUT2D eigenvalue weighted by atomic mass is 32.2. The highest BCUT2D eigenvalue weighted by Gasteiger charge is 2.35. The fourth-order valence-corrected chi connectivity index (χ4v) is 5.65. The summed E-state index contributed by atoms with van der Waals surface area (Å²) >= 11 is 0. The molecule has 7 heteroatoms. The van der Waals surface area contributed by atoms with E-state index in [0.29, 0.717) is 23.9 Å². The van der Waals surface area contributed by atoms with Gasteiger partial charge in [0.15, 0.2) is 0 Å². The lowest BCUT2D eigenvalue weighted by molar-refractivity contribution is -0.138. The summed E-state index contributed by atoms with van der Waals surface area (Å²) in [5.41, 5.74) is 1.03. The topological polar surface area (TPSA) is 69.7 Å². The Balaban J connectivity index is 1.64. The van der Waals surface area contributed by atoms with Gasteiger partial charge < -0.3 is 10.2 Å². The SMILES string of the molecule is CNCC1CCN(C(=O)C2CCCN(S(=O)(=O)c3ccc(C)cc3)C2)CC1. The van der Waals surface area contributed by atoms with E-state index in [2.05, 4.69) is 5.32 Å². The van der Waals surface area contributed by atoms with Gasteiger partial charge in [-0.1, -0.05) is 17.7 Å². The highest BCUT2D eigenvalue weighted by molar-refractivity contribution is 7.89. The molecular weight excluding hydrogens is 362 g/mol. The number of likely N-dealkylation sites (tertiary alicyclic amines) is 1. The maximum absolute atomic E-state index is 13.0. The van der Waals surface area contributed by atoms with Crippen LogP contribution in [0.5, 0.6) is 0 Å². The number of carbonyl (C=O) groups excluding carboxylic acids is 1. The molecule has 1 atom stereocenters. The first-order chi connectivity index (χ1) is 12.9. The van der Waals surface area contributed by atoms with Gasteiger partial charge in [-0.3, -0.25) is 4.79 Å². The molecule has 0 radical (unpaired) electrons. The number of hydrogen-bond acceptors (Lipinski definition) is 4. The number of benzene rings is 1. The van der Waals surface area contributed by atoms with Crippen LogP contribution in [0.3, 0.4) is 0 Å². The fourth-order valence-electron chi connectivity index (χ4n) is 4.13. The van der Waals surface area contributed by atoms with Crippen LogP contribution in [0.2, 0.25) is 0 Å². The van der Waals surface area contributed by atoms with Crippen LogP contribution in [-0.4, -0.2) is 63.3 Å². The van der Waals surface area contributed by atoms with Crippen molar-refractivity contribution in [2.45, 2.75) is 37.5 Å². The van der Waals surface area contributed by atoms with Crippen LogP contribution in [0.1, 0.15) is 31.2 Å². The molecule has 0 spiro atoms. The minimum Gasteiger partial charge on any atom is -0.342 e. The van der Waals surface area contributed by atoms with Crippen LogP contribution >= 0.6 is 0 Å². The van der Waals surface area contributed by atoms with Gasteiger partial charge in [0.1, 0.15) is 0 Å². The van der Waals surface area contributed by atoms with Crippen molar-refractivity contribution < 1.29 is 13.2 Å². The molecular formula is C20H31N3O3S. The first-order valence-corrected chi connectivity index (χ1v) is 11.4. The molecule has 2 fully saturated rings. The number of sulfonamides is 1. The van der Waals surface area contributed by atoms with E-state index >= 15 is 0 Å². The van der Waals surface area contributed by atoms with Crippen LogP contribution < -0.4 is 5.32 Å². The van der Waals surface area contributed by atoms with E-state index < -0.39 is 10.0 Å². The van der Waals surface area contributed by atoms with Crippen molar-refractivity contribution in [3.8, 4) is 0 Å². The molecule has 2 aliphatic rings. The summed E-state index contributed by atoms with van der Waals surface area (Å²) in [6.45, 7) is 5.29. The van der Waals surface area contributed by atoms with Gasteiger partial charge in [-0.15, -0.1) is 0 Å². The van der Waals surface area contributed by atoms with Crippen molar-refractivity contribution in [1.82, 2.24) is 14.5 Å². The summed E-state index contributed by atoms with van der Waals surface area (Å²) in [4.78, 5) is 15.2. The van der Waals surface area contributed by atoms with Crippen LogP contribution in [-0.2, 0) is 14.8 Å². The Morgan fingerprint density at radius 1 is 1.11 bits per heavy atom. The quantitative estimate of drug-likeness (QED) is 0.829. The molecule has 3 rings (SSSR count). The molecule has 150 valence electrons. The molecule has 1 amide bonds. The van der Waals surface area contributed by atoms with Crippen molar-refractivity contribution in [2.24, 2.45) is 11.8 Å². The lowest BCUT2D eigenvalue weighted by atomic mass is 9.93. The first-order valence-electron chi connectivity index (χ1n) is 9.92. The summed E-state index contributed by atoms with van der Waals surface area (Å²) in [5, 5.41) is 3.21. The zero-order chi connectivity index (χ0) is 19.4. The maximum Gasteiger partial charge on any atom is 0.243 e. The van der Waals surface area contributed by atoms with Gasteiger partial charge in [0, 0.05) is 26.2 Å². The van der Waals surface area contributed by atoms with E-state index in [4.69, 9.17) is 0 Å². The number of hydrogen-bond donors (Lipinski definition) is 1. The number of carbonyl (C=O) groups is 1. The molecule has 2 saturated heterocycles. The number of nitrogens with one attached hydrogen (secondary N) is 1. The average molecular weight is 394 g/mol. The Labute approximate surface area is 163 Å². The maximum atomic E-state index is 13.0. The molecule has 1 aromatic rings. The van der Waals surface area contributed by atoms with Crippen LogP contribution in [0, 0.1) is 18.8 Å². The Morgan fingerprint density at radius 2 is 1.78 bits per heavy atom. The predicted octanol–water partition coefficient (Wildman–Crippen LogP) is 1.85. The third-order valence-electron chi connectivity index (χ3n) is 5.81. The molecule has 27 heavy (non-hydrogen) atoms. The van der Waals surface area contributed by atoms with Gasteiger partial charge in [-0.25, -0.2) is 8.42 Å². The van der Waals surface area contributed by atoms with E-state index in [0.717, 1.165) is 50.9 Å². The van der Waals surface area contributed by atoms with Gasteiger partial charge in [0.2, 0.25) is 15.9 Å². The molecule has 0 aromatic heterocycles. The Bertz CT molecular complexity index is 740. The predicted molar refractivity (Wildman–Crippen MR) is 106 cm³/mol. The van der Waals surface area contributed by atoms with Crippen LogP contribution in [0.4, 0.5) is 0 Å². The minimum absolute atomic E-state index is 0.127. The third-order valence-corrected chi connectivity index (χ3v) is 7.69. The zero-order valence-corrected chi connectivity index (χ0v) is 17.2. The van der Waals surface area contributed by atoms with Crippen molar-refractivity contribution >= 4 is 15.9 Å². The molecule has 2 heterocycles. The Morgan fingerprint density at radius 3 is 2.41 bits per heavy atom.